The van der Waals surface area contributed by atoms with Crippen LogP contribution in [0.15, 0.2) is 50.0 Å². The van der Waals surface area contributed by atoms with Crippen LogP contribution >= 0.6 is 0 Å². The number of hydrogen-bond donors (Lipinski definition) is 1. The molecule has 1 aromatic carbocycles. The maximum Gasteiger partial charge on any atom is 0.374 e. The number of benzene rings is 1. The summed E-state index contributed by atoms with van der Waals surface area (Å²) in [5, 5.41) is 10.0. The number of fused-ring (bicyclic) bond motifs is 1. The molecule has 112 valence electrons. The second kappa shape index (κ2) is 5.40. The molecule has 0 aliphatic rings. The zero-order chi connectivity index (χ0) is 15.7. The van der Waals surface area contributed by atoms with Gasteiger partial charge in [0.1, 0.15) is 22.7 Å². The summed E-state index contributed by atoms with van der Waals surface area (Å²) < 4.78 is 15.3. The number of phenolic OH excluding ortho intramolecular Hbond substituents is 1. The lowest BCUT2D eigenvalue weighted by atomic mass is 10.1. The largest absolute Gasteiger partial charge is 0.508 e. The second-order valence-corrected chi connectivity index (χ2v) is 4.55. The molecule has 0 aliphatic carbocycles. The molecule has 1 N–H and O–H groups in total. The van der Waals surface area contributed by atoms with Crippen LogP contribution in [0.5, 0.6) is 5.75 Å². The zero-order valence-corrected chi connectivity index (χ0v) is 11.7. The fourth-order valence-electron chi connectivity index (χ4n) is 2.07. The van der Waals surface area contributed by atoms with E-state index >= 15 is 0 Å². The van der Waals surface area contributed by atoms with Crippen molar-refractivity contribution in [2.75, 3.05) is 6.61 Å². The molecule has 0 amide bonds. The van der Waals surface area contributed by atoms with Gasteiger partial charge in [0.2, 0.25) is 5.76 Å². The normalized spacial score (nSPS) is 10.8. The summed E-state index contributed by atoms with van der Waals surface area (Å²) in [5.74, 6) is -0.358. The first-order chi connectivity index (χ1) is 10.6. The number of phenols is 1. The predicted octanol–water partition coefficient (Wildman–Crippen LogP) is 2.94. The monoisotopic (exact) mass is 300 g/mol. The SMILES string of the molecule is CCOC(=O)c1ccc(-c2cc3ccc(O)cc3oc2=O)o1. The third-order valence-electron chi connectivity index (χ3n) is 3.07. The highest BCUT2D eigenvalue weighted by Crippen LogP contribution is 2.25. The van der Waals surface area contributed by atoms with E-state index in [-0.39, 0.29) is 35.0 Å². The molecule has 6 nitrogen and oxygen atoms in total. The molecule has 0 radical (unpaired) electrons. The second-order valence-electron chi connectivity index (χ2n) is 4.55. The van der Waals surface area contributed by atoms with Crippen molar-refractivity contribution in [3.05, 3.63) is 52.6 Å². The number of rotatable bonds is 3. The van der Waals surface area contributed by atoms with Crippen LogP contribution in [0.4, 0.5) is 0 Å². The lowest BCUT2D eigenvalue weighted by Gasteiger charge is -2.01. The van der Waals surface area contributed by atoms with Gasteiger partial charge < -0.3 is 18.7 Å². The van der Waals surface area contributed by atoms with Crippen molar-refractivity contribution >= 4 is 16.9 Å². The standard InChI is InChI=1S/C16H12O6/c1-2-20-16(19)13-6-5-12(21-13)11-7-9-3-4-10(17)8-14(9)22-15(11)18/h3-8,17H,2H2,1H3. The van der Waals surface area contributed by atoms with E-state index in [0.29, 0.717) is 5.39 Å². The number of hydrogen-bond acceptors (Lipinski definition) is 6. The van der Waals surface area contributed by atoms with E-state index in [9.17, 15) is 14.7 Å². The molecule has 2 aromatic heterocycles. The van der Waals surface area contributed by atoms with E-state index in [1.54, 1.807) is 19.1 Å². The van der Waals surface area contributed by atoms with Crippen molar-refractivity contribution < 1.29 is 23.5 Å². The highest BCUT2D eigenvalue weighted by atomic mass is 16.5. The Morgan fingerprint density at radius 3 is 2.77 bits per heavy atom. The highest BCUT2D eigenvalue weighted by Gasteiger charge is 2.16. The molecule has 0 aliphatic heterocycles. The number of aromatic hydroxyl groups is 1. The van der Waals surface area contributed by atoms with E-state index in [1.165, 1.54) is 24.3 Å². The molecule has 3 rings (SSSR count). The van der Waals surface area contributed by atoms with Gasteiger partial charge in [0.25, 0.3) is 0 Å². The highest BCUT2D eigenvalue weighted by molar-refractivity contribution is 5.87. The molecular weight excluding hydrogens is 288 g/mol. The van der Waals surface area contributed by atoms with Gasteiger partial charge in [-0.1, -0.05) is 0 Å². The molecular formula is C16H12O6. The van der Waals surface area contributed by atoms with Crippen molar-refractivity contribution in [1.29, 1.82) is 0 Å². The third kappa shape index (κ3) is 2.46. The molecule has 0 fully saturated rings. The number of esters is 1. The Morgan fingerprint density at radius 2 is 2.00 bits per heavy atom. The average molecular weight is 300 g/mol. The fourth-order valence-corrected chi connectivity index (χ4v) is 2.07. The van der Waals surface area contributed by atoms with Gasteiger partial charge in [-0.15, -0.1) is 0 Å². The Kier molecular flexibility index (Phi) is 3.42. The van der Waals surface area contributed by atoms with Crippen LogP contribution in [0.3, 0.4) is 0 Å². The molecule has 0 saturated carbocycles. The fraction of sp³-hybridized carbons (Fsp3) is 0.125. The van der Waals surface area contributed by atoms with Crippen LogP contribution in [0, 0.1) is 0 Å². The molecule has 22 heavy (non-hydrogen) atoms. The summed E-state index contributed by atoms with van der Waals surface area (Å²) in [4.78, 5) is 23.6. The molecule has 0 bridgehead atoms. The maximum absolute atomic E-state index is 12.0. The first-order valence-electron chi connectivity index (χ1n) is 6.62. The minimum atomic E-state index is -0.622. The number of furan rings is 1. The molecule has 0 saturated heterocycles. The molecule has 0 atom stereocenters. The van der Waals surface area contributed by atoms with E-state index < -0.39 is 11.6 Å². The van der Waals surface area contributed by atoms with Gasteiger partial charge in [0.15, 0.2) is 0 Å². The molecule has 0 spiro atoms. The quantitative estimate of drug-likeness (QED) is 0.591. The van der Waals surface area contributed by atoms with E-state index in [0.717, 1.165) is 0 Å². The van der Waals surface area contributed by atoms with Gasteiger partial charge in [-0.25, -0.2) is 9.59 Å². The van der Waals surface area contributed by atoms with Crippen molar-refractivity contribution in [2.45, 2.75) is 6.92 Å². The summed E-state index contributed by atoms with van der Waals surface area (Å²) in [5.41, 5.74) is -0.164. The van der Waals surface area contributed by atoms with Crippen molar-refractivity contribution in [3.63, 3.8) is 0 Å². The minimum absolute atomic E-state index is 0.00555. The van der Waals surface area contributed by atoms with Gasteiger partial charge in [-0.05, 0) is 37.3 Å². The van der Waals surface area contributed by atoms with Crippen molar-refractivity contribution in [1.82, 2.24) is 0 Å². The van der Waals surface area contributed by atoms with E-state index in [1.807, 2.05) is 0 Å². The topological polar surface area (TPSA) is 89.9 Å². The van der Waals surface area contributed by atoms with Gasteiger partial charge in [-0.2, -0.15) is 0 Å². The Balaban J connectivity index is 2.06. The summed E-state index contributed by atoms with van der Waals surface area (Å²) >= 11 is 0. The number of carbonyl (C=O) groups is 1. The summed E-state index contributed by atoms with van der Waals surface area (Å²) in [6.07, 6.45) is 0. The van der Waals surface area contributed by atoms with Crippen LogP contribution in [-0.2, 0) is 4.74 Å². The zero-order valence-electron chi connectivity index (χ0n) is 11.7. The summed E-state index contributed by atoms with van der Waals surface area (Å²) in [7, 11) is 0. The Morgan fingerprint density at radius 1 is 1.18 bits per heavy atom. The Labute approximate surface area is 124 Å². The summed E-state index contributed by atoms with van der Waals surface area (Å²) in [6, 6.07) is 8.98. The van der Waals surface area contributed by atoms with Crippen LogP contribution in [-0.4, -0.2) is 17.7 Å². The van der Waals surface area contributed by atoms with Crippen LogP contribution in [0.1, 0.15) is 17.5 Å². The van der Waals surface area contributed by atoms with Crippen LogP contribution in [0.25, 0.3) is 22.3 Å². The van der Waals surface area contributed by atoms with Crippen molar-refractivity contribution in [3.8, 4) is 17.1 Å². The first-order valence-corrected chi connectivity index (χ1v) is 6.62. The van der Waals surface area contributed by atoms with Crippen molar-refractivity contribution in [2.24, 2.45) is 0 Å². The van der Waals surface area contributed by atoms with Crippen LogP contribution < -0.4 is 5.63 Å². The lowest BCUT2D eigenvalue weighted by molar-refractivity contribution is 0.0491. The van der Waals surface area contributed by atoms with Crippen LogP contribution in [0.2, 0.25) is 0 Å². The third-order valence-corrected chi connectivity index (χ3v) is 3.07. The number of carbonyl (C=O) groups excluding carboxylic acids is 1. The molecule has 0 unspecified atom stereocenters. The van der Waals surface area contributed by atoms with Gasteiger partial charge >= 0.3 is 11.6 Å². The Hall–Kier alpha value is -3.02. The number of ether oxygens (including phenoxy) is 1. The smallest absolute Gasteiger partial charge is 0.374 e. The summed E-state index contributed by atoms with van der Waals surface area (Å²) in [6.45, 7) is 1.92. The van der Waals surface area contributed by atoms with E-state index in [2.05, 4.69) is 0 Å². The molecule has 2 heterocycles. The van der Waals surface area contributed by atoms with Gasteiger partial charge in [0, 0.05) is 11.5 Å². The molecule has 3 aromatic rings. The minimum Gasteiger partial charge on any atom is -0.508 e. The average Bonchev–Trinajstić information content (AvgIpc) is 2.96. The van der Waals surface area contributed by atoms with E-state index in [4.69, 9.17) is 13.6 Å². The lowest BCUT2D eigenvalue weighted by Crippen LogP contribution is -2.03. The predicted molar refractivity (Wildman–Crippen MR) is 77.8 cm³/mol. The maximum atomic E-state index is 12.0. The molecule has 6 heteroatoms. The van der Waals surface area contributed by atoms with Gasteiger partial charge in [0.05, 0.1) is 6.61 Å². The Bertz CT molecular complexity index is 902. The van der Waals surface area contributed by atoms with Gasteiger partial charge in [-0.3, -0.25) is 0 Å². The first kappa shape index (κ1) is 13.9.